The summed E-state index contributed by atoms with van der Waals surface area (Å²) in [5.74, 6) is 0. The van der Waals surface area contributed by atoms with E-state index < -0.39 is 73.3 Å². The Morgan fingerprint density at radius 3 is 1.45 bits per heavy atom. The van der Waals surface area contributed by atoms with Crippen LogP contribution in [0.5, 0.6) is 0 Å². The predicted octanol–water partition coefficient (Wildman–Crippen LogP) is 7.21. The van der Waals surface area contributed by atoms with Crippen LogP contribution in [-0.2, 0) is 23.7 Å². The van der Waals surface area contributed by atoms with Gasteiger partial charge in [-0.3, -0.25) is 0 Å². The van der Waals surface area contributed by atoms with Gasteiger partial charge in [-0.05, 0) is 52.7 Å². The number of carbonyl (C=O) groups is 4. The van der Waals surface area contributed by atoms with Gasteiger partial charge in [-0.2, -0.15) is 0 Å². The summed E-state index contributed by atoms with van der Waals surface area (Å²) in [6.07, 6.45) is -6.02. The second-order valence-corrected chi connectivity index (χ2v) is 11.9. The number of nitrogens with one attached hydrogen (secondary N) is 2. The van der Waals surface area contributed by atoms with Gasteiger partial charge in [0.05, 0.1) is 0 Å². The average molecular weight is 667 g/mol. The Kier molecular flexibility index (Phi) is 16.7. The van der Waals surface area contributed by atoms with Gasteiger partial charge < -0.3 is 39.4 Å². The van der Waals surface area contributed by atoms with Crippen molar-refractivity contribution in [3.8, 4) is 0 Å². The quantitative estimate of drug-likeness (QED) is 0.120. The molecule has 0 aliphatic rings. The molecule has 260 valence electrons. The van der Waals surface area contributed by atoms with Crippen LogP contribution < -0.4 is 10.6 Å². The summed E-state index contributed by atoms with van der Waals surface area (Å²) in [5.41, 5.74) is -0.846. The molecule has 2 amide bonds. The highest BCUT2D eigenvalue weighted by Crippen LogP contribution is 2.23. The lowest BCUT2D eigenvalue weighted by Crippen LogP contribution is -2.44. The first-order chi connectivity index (χ1) is 21.9. The molecule has 2 aromatic carbocycles. The lowest BCUT2D eigenvalue weighted by atomic mass is 10.0. The molecule has 2 aromatic rings. The van der Waals surface area contributed by atoms with Crippen LogP contribution in [0, 0.1) is 0 Å². The molecule has 0 saturated carbocycles. The van der Waals surface area contributed by atoms with E-state index >= 15 is 0 Å². The van der Waals surface area contributed by atoms with Gasteiger partial charge in [0.1, 0.15) is 55.4 Å². The smallest absolute Gasteiger partial charge is 0.450 e. The van der Waals surface area contributed by atoms with Crippen molar-refractivity contribution in [1.29, 1.82) is 0 Å². The number of hydrogen-bond donors (Lipinski definition) is 3. The number of amides is 2. The van der Waals surface area contributed by atoms with E-state index in [1.165, 1.54) is 18.2 Å². The molecule has 47 heavy (non-hydrogen) atoms. The summed E-state index contributed by atoms with van der Waals surface area (Å²) in [4.78, 5) is 45.6. The Morgan fingerprint density at radius 2 is 1.11 bits per heavy atom. The molecule has 0 fully saturated rings. The number of halogens is 2. The number of alkyl halides is 2. The summed E-state index contributed by atoms with van der Waals surface area (Å²) in [6, 6.07) is 14.0. The van der Waals surface area contributed by atoms with Crippen LogP contribution in [0.4, 0.5) is 28.0 Å². The number of alkyl carbamates (subject to hydrolysis) is 2. The van der Waals surface area contributed by atoms with E-state index in [2.05, 4.69) is 26.7 Å². The second kappa shape index (κ2) is 19.6. The zero-order valence-corrected chi connectivity index (χ0v) is 27.4. The maximum absolute atomic E-state index is 14.8. The molecule has 0 spiro atoms. The summed E-state index contributed by atoms with van der Waals surface area (Å²) in [5, 5.41) is 13.2. The summed E-state index contributed by atoms with van der Waals surface area (Å²) < 4.78 is 53.4. The first-order valence-corrected chi connectivity index (χ1v) is 14.5. The molecule has 14 heteroatoms. The Morgan fingerprint density at radius 1 is 0.723 bits per heavy atom. The van der Waals surface area contributed by atoms with Crippen molar-refractivity contribution in [2.45, 2.75) is 77.2 Å². The van der Waals surface area contributed by atoms with E-state index in [1.54, 1.807) is 90.1 Å². The molecule has 3 N–H and O–H groups in total. The van der Waals surface area contributed by atoms with Crippen molar-refractivity contribution < 1.29 is 56.7 Å². The van der Waals surface area contributed by atoms with Crippen molar-refractivity contribution in [3.05, 3.63) is 84.4 Å². The molecular weight excluding hydrogens is 622 g/mol. The number of benzene rings is 2. The minimum atomic E-state index is -1.63. The first-order valence-electron chi connectivity index (χ1n) is 14.5. The number of ether oxygens (including phenoxy) is 5. The fourth-order valence-electron chi connectivity index (χ4n) is 3.54. The van der Waals surface area contributed by atoms with Gasteiger partial charge in [0.15, 0.2) is 0 Å². The van der Waals surface area contributed by atoms with Crippen LogP contribution in [-0.4, -0.2) is 72.7 Å². The number of carboxylic acid groups (broad SMARTS) is 1. The Balaban J connectivity index is 0.000000474. The highest BCUT2D eigenvalue weighted by atomic mass is 19.1. The van der Waals surface area contributed by atoms with E-state index in [-0.39, 0.29) is 6.61 Å². The standard InChI is InChI=1S/C18H24FNO5.C15H20FNO5/c1-5-11-23-17(22)24-12-14(20-16(21)25-18(2,3)4)15(19)13-9-7-6-8-10-13;1-15(2,3)22-13(18)17-11(9-21-14(19)20)12(16)10-7-5-4-6-8-10/h5-10,14-15H,1,11-12H2,2-4H3,(H,20,21);4-8,11-12H,9H2,1-3H3,(H,17,18)(H,19,20)/t14-,15-;11-,12-/m11/s1. The molecule has 0 radical (unpaired) electrons. The lowest BCUT2D eigenvalue weighted by Gasteiger charge is -2.25. The summed E-state index contributed by atoms with van der Waals surface area (Å²) in [6.45, 7) is 12.5. The zero-order chi connectivity index (χ0) is 35.6. The van der Waals surface area contributed by atoms with E-state index in [1.807, 2.05) is 0 Å². The van der Waals surface area contributed by atoms with Crippen LogP contribution in [0.3, 0.4) is 0 Å². The third kappa shape index (κ3) is 18.0. The second-order valence-electron chi connectivity index (χ2n) is 11.9. The van der Waals surface area contributed by atoms with Crippen molar-refractivity contribution in [2.75, 3.05) is 19.8 Å². The molecule has 4 atom stereocenters. The van der Waals surface area contributed by atoms with Gasteiger partial charge >= 0.3 is 24.5 Å². The maximum Gasteiger partial charge on any atom is 0.508 e. The number of hydrogen-bond acceptors (Lipinski definition) is 9. The highest BCUT2D eigenvalue weighted by Gasteiger charge is 2.30. The molecule has 12 nitrogen and oxygen atoms in total. The molecule has 0 aliphatic carbocycles. The SMILES string of the molecule is C=CCOC(=O)OC[C@@H](NC(=O)OC(C)(C)C)[C@H](F)c1ccccc1.CC(C)(C)OC(=O)N[C@H](COC(=O)O)[C@H](F)c1ccccc1. The monoisotopic (exact) mass is 666 g/mol. The minimum absolute atomic E-state index is 0.0271. The Bertz CT molecular complexity index is 1270. The van der Waals surface area contributed by atoms with Gasteiger partial charge in [0.2, 0.25) is 0 Å². The minimum Gasteiger partial charge on any atom is -0.450 e. The van der Waals surface area contributed by atoms with Crippen LogP contribution >= 0.6 is 0 Å². The Hall–Kier alpha value is -4.88. The summed E-state index contributed by atoms with van der Waals surface area (Å²) in [7, 11) is 0. The topological polar surface area (TPSA) is 159 Å². The van der Waals surface area contributed by atoms with Gasteiger partial charge in [0.25, 0.3) is 0 Å². The van der Waals surface area contributed by atoms with Gasteiger partial charge in [0, 0.05) is 0 Å². The molecular formula is C33H44F2N2O10. The van der Waals surface area contributed by atoms with Crippen molar-refractivity contribution in [3.63, 3.8) is 0 Å². The molecule has 0 aliphatic heterocycles. The fraction of sp³-hybridized carbons (Fsp3) is 0.455. The molecule has 0 unspecified atom stereocenters. The van der Waals surface area contributed by atoms with Crippen molar-refractivity contribution in [1.82, 2.24) is 10.6 Å². The summed E-state index contributed by atoms with van der Waals surface area (Å²) >= 11 is 0. The molecule has 0 aromatic heterocycles. The van der Waals surface area contributed by atoms with Crippen LogP contribution in [0.2, 0.25) is 0 Å². The third-order valence-electron chi connectivity index (χ3n) is 5.43. The van der Waals surface area contributed by atoms with Gasteiger partial charge in [-0.1, -0.05) is 73.3 Å². The Labute approximate surface area is 273 Å². The maximum atomic E-state index is 14.8. The van der Waals surface area contributed by atoms with Crippen LogP contribution in [0.1, 0.15) is 65.0 Å². The van der Waals surface area contributed by atoms with Crippen molar-refractivity contribution in [2.24, 2.45) is 0 Å². The largest absolute Gasteiger partial charge is 0.508 e. The first kappa shape index (κ1) is 40.1. The molecule has 0 bridgehead atoms. The number of rotatable bonds is 12. The van der Waals surface area contributed by atoms with Crippen LogP contribution in [0.25, 0.3) is 0 Å². The average Bonchev–Trinajstić information content (AvgIpc) is 2.98. The lowest BCUT2D eigenvalue weighted by molar-refractivity contribution is 0.0296. The zero-order valence-electron chi connectivity index (χ0n) is 27.4. The fourth-order valence-corrected chi connectivity index (χ4v) is 3.54. The van der Waals surface area contributed by atoms with E-state index in [0.717, 1.165) is 0 Å². The van der Waals surface area contributed by atoms with Gasteiger partial charge in [-0.15, -0.1) is 0 Å². The van der Waals surface area contributed by atoms with E-state index in [9.17, 15) is 28.0 Å². The molecule has 2 rings (SSSR count). The van der Waals surface area contributed by atoms with Gasteiger partial charge in [-0.25, -0.2) is 28.0 Å². The van der Waals surface area contributed by atoms with Crippen LogP contribution in [0.15, 0.2) is 73.3 Å². The molecule has 0 saturated heterocycles. The highest BCUT2D eigenvalue weighted by molar-refractivity contribution is 5.69. The van der Waals surface area contributed by atoms with E-state index in [4.69, 9.17) is 19.3 Å². The van der Waals surface area contributed by atoms with E-state index in [0.29, 0.717) is 11.1 Å². The third-order valence-corrected chi connectivity index (χ3v) is 5.43. The predicted molar refractivity (Wildman–Crippen MR) is 168 cm³/mol. The number of carbonyl (C=O) groups excluding carboxylic acids is 3. The normalized spacial score (nSPS) is 13.5. The van der Waals surface area contributed by atoms with Crippen molar-refractivity contribution >= 4 is 24.5 Å². The molecule has 0 heterocycles.